The van der Waals surface area contributed by atoms with Crippen molar-refractivity contribution in [1.29, 1.82) is 5.26 Å². The zero-order chi connectivity index (χ0) is 11.5. The number of anilines is 1. The Morgan fingerprint density at radius 3 is 2.60 bits per heavy atom. The second kappa shape index (κ2) is 4.28. The second-order valence-electron chi connectivity index (χ2n) is 4.19. The molecule has 0 atom stereocenters. The lowest BCUT2D eigenvalue weighted by Gasteiger charge is -2.26. The van der Waals surface area contributed by atoms with Crippen LogP contribution in [-0.2, 0) is 0 Å². The molecule has 0 aromatic carbocycles. The highest BCUT2D eigenvalue weighted by atomic mass is 16.3. The molecule has 15 heavy (non-hydrogen) atoms. The molecular formula is C11H15N3O. The molecule has 0 saturated carbocycles. The Bertz CT molecular complexity index is 359. The van der Waals surface area contributed by atoms with E-state index in [0.717, 1.165) is 5.82 Å². The van der Waals surface area contributed by atoms with Crippen molar-refractivity contribution in [2.75, 3.05) is 18.5 Å². The maximum absolute atomic E-state index is 9.63. The number of pyridine rings is 1. The number of likely N-dealkylation sites (N-methyl/N-ethyl adjacent to an activating group) is 1. The van der Waals surface area contributed by atoms with Crippen LogP contribution in [0.15, 0.2) is 18.3 Å². The molecule has 4 nitrogen and oxygen atoms in total. The van der Waals surface area contributed by atoms with Crippen molar-refractivity contribution in [3.05, 3.63) is 23.9 Å². The summed E-state index contributed by atoms with van der Waals surface area (Å²) >= 11 is 0. The van der Waals surface area contributed by atoms with Gasteiger partial charge in [-0.1, -0.05) is 0 Å². The molecule has 0 aliphatic rings. The van der Waals surface area contributed by atoms with E-state index in [-0.39, 0.29) is 0 Å². The minimum atomic E-state index is -0.760. The SMILES string of the molecule is CN(CC(C)(C)O)c1ccc(C#N)cn1. The second-order valence-corrected chi connectivity index (χ2v) is 4.19. The van der Waals surface area contributed by atoms with E-state index >= 15 is 0 Å². The highest BCUT2D eigenvalue weighted by molar-refractivity contribution is 5.41. The third kappa shape index (κ3) is 3.56. The molecule has 1 N–H and O–H groups in total. The maximum atomic E-state index is 9.63. The van der Waals surface area contributed by atoms with Gasteiger partial charge in [-0.05, 0) is 26.0 Å². The first-order valence-electron chi connectivity index (χ1n) is 4.72. The summed E-state index contributed by atoms with van der Waals surface area (Å²) in [7, 11) is 1.85. The molecule has 80 valence electrons. The lowest BCUT2D eigenvalue weighted by molar-refractivity contribution is 0.0884. The number of nitrogens with zero attached hydrogens (tertiary/aromatic N) is 3. The van der Waals surface area contributed by atoms with Gasteiger partial charge < -0.3 is 10.0 Å². The normalized spacial score (nSPS) is 10.9. The molecule has 0 bridgehead atoms. The zero-order valence-electron chi connectivity index (χ0n) is 9.23. The summed E-state index contributed by atoms with van der Waals surface area (Å²) in [5.74, 6) is 0.746. The molecule has 1 aromatic rings. The number of hydrogen-bond donors (Lipinski definition) is 1. The van der Waals surface area contributed by atoms with Crippen molar-refractivity contribution >= 4 is 5.82 Å². The number of nitriles is 1. The van der Waals surface area contributed by atoms with E-state index in [4.69, 9.17) is 5.26 Å². The first-order valence-corrected chi connectivity index (χ1v) is 4.72. The third-order valence-corrected chi connectivity index (χ3v) is 1.89. The van der Waals surface area contributed by atoms with E-state index in [1.54, 1.807) is 26.0 Å². The van der Waals surface area contributed by atoms with Crippen molar-refractivity contribution in [3.8, 4) is 6.07 Å². The van der Waals surface area contributed by atoms with E-state index < -0.39 is 5.60 Å². The van der Waals surface area contributed by atoms with Crippen LogP contribution in [0.3, 0.4) is 0 Å². The number of aliphatic hydroxyl groups is 1. The summed E-state index contributed by atoms with van der Waals surface area (Å²) < 4.78 is 0. The first kappa shape index (κ1) is 11.5. The van der Waals surface area contributed by atoms with Crippen LogP contribution in [0.2, 0.25) is 0 Å². The van der Waals surface area contributed by atoms with E-state index in [1.807, 2.05) is 18.0 Å². The fourth-order valence-electron chi connectivity index (χ4n) is 1.34. The van der Waals surface area contributed by atoms with Gasteiger partial charge in [-0.2, -0.15) is 5.26 Å². The standard InChI is InChI=1S/C11H15N3O/c1-11(2,15)8-14(3)10-5-4-9(6-12)7-13-10/h4-5,7,15H,8H2,1-3H3. The van der Waals surface area contributed by atoms with Gasteiger partial charge in [0.05, 0.1) is 11.2 Å². The molecule has 0 spiro atoms. The van der Waals surface area contributed by atoms with Gasteiger partial charge in [-0.15, -0.1) is 0 Å². The van der Waals surface area contributed by atoms with Crippen LogP contribution in [0.25, 0.3) is 0 Å². The lowest BCUT2D eigenvalue weighted by atomic mass is 10.1. The molecule has 0 aliphatic heterocycles. The summed E-state index contributed by atoms with van der Waals surface area (Å²) in [6.45, 7) is 3.98. The summed E-state index contributed by atoms with van der Waals surface area (Å²) in [5, 5.41) is 18.2. The van der Waals surface area contributed by atoms with Crippen molar-refractivity contribution < 1.29 is 5.11 Å². The Kier molecular flexibility index (Phi) is 3.28. The predicted molar refractivity (Wildman–Crippen MR) is 58.5 cm³/mol. The van der Waals surface area contributed by atoms with E-state index in [0.29, 0.717) is 12.1 Å². The van der Waals surface area contributed by atoms with Gasteiger partial charge >= 0.3 is 0 Å². The third-order valence-electron chi connectivity index (χ3n) is 1.89. The summed E-state index contributed by atoms with van der Waals surface area (Å²) in [4.78, 5) is 5.97. The van der Waals surface area contributed by atoms with Crippen molar-refractivity contribution in [3.63, 3.8) is 0 Å². The first-order chi connectivity index (χ1) is 6.92. The molecule has 0 amide bonds. The Morgan fingerprint density at radius 1 is 1.53 bits per heavy atom. The van der Waals surface area contributed by atoms with Gasteiger partial charge in [0.15, 0.2) is 0 Å². The van der Waals surface area contributed by atoms with Crippen LogP contribution in [0.4, 0.5) is 5.82 Å². The van der Waals surface area contributed by atoms with Gasteiger partial charge in [-0.3, -0.25) is 0 Å². The van der Waals surface area contributed by atoms with E-state index in [2.05, 4.69) is 4.98 Å². The fourth-order valence-corrected chi connectivity index (χ4v) is 1.34. The minimum Gasteiger partial charge on any atom is -0.389 e. The minimum absolute atomic E-state index is 0.492. The van der Waals surface area contributed by atoms with Gasteiger partial charge in [-0.25, -0.2) is 4.98 Å². The molecule has 4 heteroatoms. The molecule has 1 rings (SSSR count). The van der Waals surface area contributed by atoms with E-state index in [9.17, 15) is 5.11 Å². The average Bonchev–Trinajstić information content (AvgIpc) is 2.15. The quantitative estimate of drug-likeness (QED) is 0.804. The largest absolute Gasteiger partial charge is 0.389 e. The zero-order valence-corrected chi connectivity index (χ0v) is 9.23. The topological polar surface area (TPSA) is 60.1 Å². The Morgan fingerprint density at radius 2 is 2.20 bits per heavy atom. The Hall–Kier alpha value is -1.60. The van der Waals surface area contributed by atoms with Gasteiger partial charge in [0.1, 0.15) is 11.9 Å². The van der Waals surface area contributed by atoms with Crippen LogP contribution in [0, 0.1) is 11.3 Å². The predicted octanol–water partition coefficient (Wildman–Crippen LogP) is 1.16. The molecule has 0 unspecified atom stereocenters. The van der Waals surface area contributed by atoms with Crippen LogP contribution in [0.1, 0.15) is 19.4 Å². The van der Waals surface area contributed by atoms with Gasteiger partial charge in [0, 0.05) is 19.8 Å². The van der Waals surface area contributed by atoms with Crippen molar-refractivity contribution in [2.45, 2.75) is 19.4 Å². The molecule has 0 radical (unpaired) electrons. The fraction of sp³-hybridized carbons (Fsp3) is 0.455. The molecule has 0 fully saturated rings. The number of hydrogen-bond acceptors (Lipinski definition) is 4. The molecule has 0 saturated heterocycles. The molecule has 1 heterocycles. The highest BCUT2D eigenvalue weighted by Gasteiger charge is 2.16. The average molecular weight is 205 g/mol. The Balaban J connectivity index is 2.75. The maximum Gasteiger partial charge on any atom is 0.128 e. The van der Waals surface area contributed by atoms with Crippen molar-refractivity contribution in [2.24, 2.45) is 0 Å². The molecular weight excluding hydrogens is 190 g/mol. The highest BCUT2D eigenvalue weighted by Crippen LogP contribution is 2.12. The molecule has 1 aromatic heterocycles. The number of rotatable bonds is 3. The van der Waals surface area contributed by atoms with E-state index in [1.165, 1.54) is 6.20 Å². The van der Waals surface area contributed by atoms with Crippen LogP contribution in [0.5, 0.6) is 0 Å². The van der Waals surface area contributed by atoms with Gasteiger partial charge in [0.2, 0.25) is 0 Å². The lowest BCUT2D eigenvalue weighted by Crippen LogP contribution is -2.36. The van der Waals surface area contributed by atoms with Crippen LogP contribution < -0.4 is 4.90 Å². The Labute approximate surface area is 89.8 Å². The monoisotopic (exact) mass is 205 g/mol. The summed E-state index contributed by atoms with van der Waals surface area (Å²) in [5.41, 5.74) is -0.222. The van der Waals surface area contributed by atoms with Gasteiger partial charge in [0.25, 0.3) is 0 Å². The van der Waals surface area contributed by atoms with Crippen LogP contribution >= 0.6 is 0 Å². The van der Waals surface area contributed by atoms with Crippen LogP contribution in [-0.4, -0.2) is 29.3 Å². The number of aromatic nitrogens is 1. The summed E-state index contributed by atoms with van der Waals surface area (Å²) in [6, 6.07) is 5.49. The summed E-state index contributed by atoms with van der Waals surface area (Å²) in [6.07, 6.45) is 1.52. The molecule has 0 aliphatic carbocycles. The smallest absolute Gasteiger partial charge is 0.128 e. The van der Waals surface area contributed by atoms with Crippen molar-refractivity contribution in [1.82, 2.24) is 4.98 Å².